The van der Waals surface area contributed by atoms with Crippen LogP contribution in [-0.2, 0) is 9.25 Å². The van der Waals surface area contributed by atoms with Crippen LogP contribution in [0.1, 0.15) is 27.7 Å². The summed E-state index contributed by atoms with van der Waals surface area (Å²) in [4.78, 5) is 10.7. The molecule has 0 atom stereocenters. The molecule has 0 spiro atoms. The van der Waals surface area contributed by atoms with Crippen LogP contribution >= 0.6 is 0 Å². The molecule has 0 bridgehead atoms. The molecule has 0 aliphatic carbocycles. The van der Waals surface area contributed by atoms with Gasteiger partial charge in [0.25, 0.3) is 0 Å². The van der Waals surface area contributed by atoms with Gasteiger partial charge in [-0.1, -0.05) is 0 Å². The van der Waals surface area contributed by atoms with Crippen molar-refractivity contribution in [3.8, 4) is 0 Å². The number of ether oxygens (including phenoxy) is 1. The van der Waals surface area contributed by atoms with E-state index in [9.17, 15) is 10.1 Å². The SMILES string of the molecule is CC(C)OC(=O)[O+]([O-])C(C)C. The summed E-state index contributed by atoms with van der Waals surface area (Å²) in [5.41, 5.74) is 0. The Morgan fingerprint density at radius 1 is 1.36 bits per heavy atom. The summed E-state index contributed by atoms with van der Waals surface area (Å²) in [7, 11) is 0. The Bertz CT molecular complexity index is 130. The lowest BCUT2D eigenvalue weighted by Crippen LogP contribution is -2.39. The highest BCUT2D eigenvalue weighted by atomic mass is 17.3. The summed E-state index contributed by atoms with van der Waals surface area (Å²) in [5.74, 6) is 0. The van der Waals surface area contributed by atoms with Crippen molar-refractivity contribution in [2.75, 3.05) is 0 Å². The van der Waals surface area contributed by atoms with Crippen LogP contribution in [0.2, 0.25) is 0 Å². The first kappa shape index (κ1) is 10.2. The fourth-order valence-electron chi connectivity index (χ4n) is 0.432. The van der Waals surface area contributed by atoms with Gasteiger partial charge in [-0.25, -0.2) is 0 Å². The van der Waals surface area contributed by atoms with Crippen LogP contribution in [0.3, 0.4) is 0 Å². The van der Waals surface area contributed by atoms with E-state index in [-0.39, 0.29) is 6.10 Å². The molecule has 66 valence electrons. The molecular formula is C7H14O4. The zero-order chi connectivity index (χ0) is 9.02. The quantitative estimate of drug-likeness (QED) is 0.261. The predicted molar refractivity (Wildman–Crippen MR) is 37.8 cm³/mol. The van der Waals surface area contributed by atoms with Crippen molar-refractivity contribution in [1.29, 1.82) is 0 Å². The van der Waals surface area contributed by atoms with E-state index in [1.165, 1.54) is 0 Å². The molecule has 0 saturated carbocycles. The van der Waals surface area contributed by atoms with E-state index in [1.807, 2.05) is 0 Å². The minimum absolute atomic E-state index is 0.259. The topological polar surface area (TPSA) is 52.1 Å². The van der Waals surface area contributed by atoms with Gasteiger partial charge in [-0.2, -0.15) is 0 Å². The fourth-order valence-corrected chi connectivity index (χ4v) is 0.432. The first-order chi connectivity index (χ1) is 4.95. The van der Waals surface area contributed by atoms with Crippen molar-refractivity contribution in [3.05, 3.63) is 0 Å². The van der Waals surface area contributed by atoms with E-state index >= 15 is 0 Å². The van der Waals surface area contributed by atoms with E-state index < -0.39 is 12.3 Å². The van der Waals surface area contributed by atoms with Crippen LogP contribution < -0.4 is 5.26 Å². The first-order valence-corrected chi connectivity index (χ1v) is 3.56. The van der Waals surface area contributed by atoms with Gasteiger partial charge in [0.1, 0.15) is 6.10 Å². The van der Waals surface area contributed by atoms with Crippen molar-refractivity contribution in [1.82, 2.24) is 0 Å². The number of carbonyl (C=O) groups is 1. The third-order valence-electron chi connectivity index (χ3n) is 0.924. The largest absolute Gasteiger partial charge is 0.727 e. The summed E-state index contributed by atoms with van der Waals surface area (Å²) in [6, 6.07) is 0. The van der Waals surface area contributed by atoms with Crippen LogP contribution in [0.15, 0.2) is 0 Å². The van der Waals surface area contributed by atoms with Crippen LogP contribution in [0, 0.1) is 0 Å². The second kappa shape index (κ2) is 4.18. The van der Waals surface area contributed by atoms with Gasteiger partial charge in [0.05, 0.1) is 0 Å². The van der Waals surface area contributed by atoms with Gasteiger partial charge in [-0.15, -0.1) is 0 Å². The van der Waals surface area contributed by atoms with Crippen molar-refractivity contribution < 1.29 is 19.3 Å². The predicted octanol–water partition coefficient (Wildman–Crippen LogP) is 0.767. The zero-order valence-corrected chi connectivity index (χ0v) is 7.29. The maximum atomic E-state index is 10.7. The number of carbonyl (C=O) groups excluding carboxylic acids is 1. The number of rotatable bonds is 2. The minimum atomic E-state index is -0.894. The second-order valence-corrected chi connectivity index (χ2v) is 2.76. The van der Waals surface area contributed by atoms with Gasteiger partial charge >= 0.3 is 6.16 Å². The average molecular weight is 162 g/mol. The molecule has 0 aromatic rings. The lowest BCUT2D eigenvalue weighted by molar-refractivity contribution is -0.771. The van der Waals surface area contributed by atoms with Crippen molar-refractivity contribution >= 4 is 6.16 Å². The van der Waals surface area contributed by atoms with Crippen LogP contribution in [-0.4, -0.2) is 18.4 Å². The third kappa shape index (κ3) is 3.83. The average Bonchev–Trinajstić information content (AvgIpc) is 1.84. The molecular weight excluding hydrogens is 148 g/mol. The lowest BCUT2D eigenvalue weighted by Gasteiger charge is -2.29. The van der Waals surface area contributed by atoms with Crippen molar-refractivity contribution in [3.63, 3.8) is 0 Å². The Morgan fingerprint density at radius 2 is 1.82 bits per heavy atom. The molecule has 0 aromatic heterocycles. The highest BCUT2D eigenvalue weighted by Crippen LogP contribution is 2.01. The molecule has 11 heavy (non-hydrogen) atoms. The Kier molecular flexibility index (Phi) is 3.89. The summed E-state index contributed by atoms with van der Waals surface area (Å²) < 4.78 is 5.71. The van der Waals surface area contributed by atoms with Gasteiger partial charge < -0.3 is 14.5 Å². The summed E-state index contributed by atoms with van der Waals surface area (Å²) in [6.45, 7) is 6.57. The molecule has 0 heterocycles. The van der Waals surface area contributed by atoms with Crippen LogP contribution in [0.4, 0.5) is 4.79 Å². The molecule has 0 radical (unpaired) electrons. The van der Waals surface area contributed by atoms with Gasteiger partial charge in [0.15, 0.2) is 6.10 Å². The smallest absolute Gasteiger partial charge is 0.626 e. The molecule has 0 aliphatic heterocycles. The van der Waals surface area contributed by atoms with E-state index in [1.54, 1.807) is 27.7 Å². The summed E-state index contributed by atoms with van der Waals surface area (Å²) >= 11 is 0. The van der Waals surface area contributed by atoms with Crippen molar-refractivity contribution in [2.45, 2.75) is 39.9 Å². The van der Waals surface area contributed by atoms with E-state index in [4.69, 9.17) is 0 Å². The van der Waals surface area contributed by atoms with Gasteiger partial charge in [-0.05, 0) is 27.7 Å². The van der Waals surface area contributed by atoms with Crippen LogP contribution in [0.25, 0.3) is 0 Å². The van der Waals surface area contributed by atoms with E-state index in [0.29, 0.717) is 0 Å². The minimum Gasteiger partial charge on any atom is -0.626 e. The molecule has 0 rings (SSSR count). The standard InChI is InChI=1S/C7H14O4/c1-5(2)10-7(8)11(9)6(3)4/h5-6H,1-4H3. The van der Waals surface area contributed by atoms with E-state index in [0.717, 1.165) is 4.52 Å². The summed E-state index contributed by atoms with van der Waals surface area (Å²) in [6.07, 6.45) is -1.60. The zero-order valence-electron chi connectivity index (χ0n) is 7.29. The maximum absolute atomic E-state index is 10.7. The number of hydrogen-bond acceptors (Lipinski definition) is 3. The molecule has 0 amide bonds. The Morgan fingerprint density at radius 3 is 2.09 bits per heavy atom. The molecule has 0 saturated heterocycles. The van der Waals surface area contributed by atoms with Crippen LogP contribution in [0.5, 0.6) is 0 Å². The van der Waals surface area contributed by atoms with Gasteiger partial charge in [-0.3, -0.25) is 0 Å². The molecule has 4 nitrogen and oxygen atoms in total. The number of hydrogen-bond donors (Lipinski definition) is 0. The first-order valence-electron chi connectivity index (χ1n) is 3.56. The molecule has 0 aromatic carbocycles. The lowest BCUT2D eigenvalue weighted by atomic mass is 10.5. The van der Waals surface area contributed by atoms with Gasteiger partial charge in [0.2, 0.25) is 0 Å². The highest BCUT2D eigenvalue weighted by molar-refractivity contribution is 5.61. The molecule has 0 aliphatic rings. The normalized spacial score (nSPS) is 10.5. The fraction of sp³-hybridized carbons (Fsp3) is 0.857. The van der Waals surface area contributed by atoms with Gasteiger partial charge in [0, 0.05) is 4.79 Å². The maximum Gasteiger partial charge on any atom is 0.727 e. The Balaban J connectivity index is 3.83. The molecule has 4 heteroatoms. The van der Waals surface area contributed by atoms with E-state index in [2.05, 4.69) is 4.74 Å². The Hall–Kier alpha value is -0.770. The monoisotopic (exact) mass is 162 g/mol. The van der Waals surface area contributed by atoms with Crippen molar-refractivity contribution in [2.24, 2.45) is 0 Å². The summed E-state index contributed by atoms with van der Waals surface area (Å²) in [5, 5.41) is 10.7. The molecule has 0 fully saturated rings. The third-order valence-corrected chi connectivity index (χ3v) is 0.924. The molecule has 0 N–H and O–H groups in total. The highest BCUT2D eigenvalue weighted by Gasteiger charge is 2.21. The second-order valence-electron chi connectivity index (χ2n) is 2.76. The molecule has 0 unspecified atom stereocenters. The Labute approximate surface area is 66.4 Å².